The van der Waals surface area contributed by atoms with Crippen molar-refractivity contribution in [1.82, 2.24) is 9.13 Å². The van der Waals surface area contributed by atoms with Crippen LogP contribution in [0.4, 0.5) is 0 Å². The quantitative estimate of drug-likeness (QED) is 0.166. The largest absolute Gasteiger partial charge is 0.309 e. The topological polar surface area (TPSA) is 9.86 Å². The van der Waals surface area contributed by atoms with E-state index in [9.17, 15) is 0 Å². The maximum Gasteiger partial charge on any atom is 0.0541 e. The average Bonchev–Trinajstić information content (AvgIpc) is 3.77. The molecule has 1 aliphatic rings. The van der Waals surface area contributed by atoms with Gasteiger partial charge in [0.1, 0.15) is 0 Å². The third-order valence-corrected chi connectivity index (χ3v) is 13.2. The fourth-order valence-electron chi connectivity index (χ4n) is 10.1. The van der Waals surface area contributed by atoms with Crippen LogP contribution in [-0.2, 0) is 10.8 Å². The van der Waals surface area contributed by atoms with E-state index in [1.54, 1.807) is 0 Å². The monoisotopic (exact) mass is 746 g/mol. The molecule has 0 fully saturated rings. The van der Waals surface area contributed by atoms with Crippen LogP contribution in [0.25, 0.3) is 88.4 Å². The molecule has 0 amide bonds. The Balaban J connectivity index is 1.07. The standard InChI is InChI=1S/C56H46N2/c1-55(2)31-32-56(3,4)54-44(22-14-23-49(54)55)41-17-13-20-43(33-41)58-50-24-12-11-21-45(50)46-35-39(26-29-51(46)58)40-27-30-53-48(36-40)47-34-38(37-15-7-5-8-16-37)25-28-52(47)57(53)42-18-9-6-10-19-42/h5-30,33-36H,31-32H2,1-4H3. The van der Waals surface area contributed by atoms with E-state index in [1.807, 2.05) is 0 Å². The predicted molar refractivity (Wildman–Crippen MR) is 247 cm³/mol. The minimum atomic E-state index is 0.115. The zero-order chi connectivity index (χ0) is 39.2. The molecular weight excluding hydrogens is 701 g/mol. The SMILES string of the molecule is CC1(C)CCC(C)(C)c2c(-c3cccc(-n4c5ccccc5c5cc(-c6ccc7c(c6)c6cc(-c8ccccc8)ccc6n7-c6ccccc6)ccc54)c3)cccc21. The third-order valence-electron chi connectivity index (χ3n) is 13.2. The summed E-state index contributed by atoms with van der Waals surface area (Å²) in [4.78, 5) is 0. The van der Waals surface area contributed by atoms with Gasteiger partial charge in [-0.2, -0.15) is 0 Å². The van der Waals surface area contributed by atoms with Gasteiger partial charge in [0, 0.05) is 32.9 Å². The number of nitrogens with zero attached hydrogens (tertiary/aromatic N) is 2. The van der Waals surface area contributed by atoms with Crippen molar-refractivity contribution in [2.75, 3.05) is 0 Å². The van der Waals surface area contributed by atoms with Gasteiger partial charge < -0.3 is 9.13 Å². The minimum absolute atomic E-state index is 0.115. The molecule has 2 heterocycles. The first kappa shape index (κ1) is 34.6. The van der Waals surface area contributed by atoms with Crippen molar-refractivity contribution in [1.29, 1.82) is 0 Å². The van der Waals surface area contributed by atoms with Gasteiger partial charge in [-0.15, -0.1) is 0 Å². The third kappa shape index (κ3) is 5.39. The van der Waals surface area contributed by atoms with Crippen LogP contribution in [0.15, 0.2) is 182 Å². The summed E-state index contributed by atoms with van der Waals surface area (Å²) in [6.07, 6.45) is 2.40. The van der Waals surface area contributed by atoms with Crippen molar-refractivity contribution in [2.45, 2.75) is 51.4 Å². The van der Waals surface area contributed by atoms with E-state index >= 15 is 0 Å². The van der Waals surface area contributed by atoms with E-state index in [1.165, 1.54) is 112 Å². The first-order valence-electron chi connectivity index (χ1n) is 20.7. The van der Waals surface area contributed by atoms with Gasteiger partial charge in [-0.3, -0.25) is 0 Å². The van der Waals surface area contributed by atoms with E-state index in [0.29, 0.717) is 0 Å². The first-order valence-corrected chi connectivity index (χ1v) is 20.7. The summed E-state index contributed by atoms with van der Waals surface area (Å²) in [5, 5.41) is 5.03. The zero-order valence-electron chi connectivity index (χ0n) is 33.6. The fourth-order valence-corrected chi connectivity index (χ4v) is 10.1. The Morgan fingerprint density at radius 1 is 0.345 bits per heavy atom. The number of hydrogen-bond acceptors (Lipinski definition) is 0. The van der Waals surface area contributed by atoms with E-state index in [0.717, 1.165) is 0 Å². The van der Waals surface area contributed by atoms with Gasteiger partial charge in [0.25, 0.3) is 0 Å². The average molecular weight is 747 g/mol. The number of benzene rings is 8. The summed E-state index contributed by atoms with van der Waals surface area (Å²) in [6, 6.07) is 67.5. The molecule has 0 saturated heterocycles. The van der Waals surface area contributed by atoms with Crippen molar-refractivity contribution < 1.29 is 0 Å². The Morgan fingerprint density at radius 2 is 0.828 bits per heavy atom. The summed E-state index contributed by atoms with van der Waals surface area (Å²) in [6.45, 7) is 9.69. The van der Waals surface area contributed by atoms with Crippen molar-refractivity contribution in [2.24, 2.45) is 0 Å². The first-order chi connectivity index (χ1) is 28.2. The molecule has 0 radical (unpaired) electrons. The van der Waals surface area contributed by atoms with Gasteiger partial charge in [-0.25, -0.2) is 0 Å². The maximum absolute atomic E-state index is 2.46. The molecule has 0 atom stereocenters. The molecule has 280 valence electrons. The van der Waals surface area contributed by atoms with Crippen molar-refractivity contribution in [3.05, 3.63) is 193 Å². The minimum Gasteiger partial charge on any atom is -0.309 e. The smallest absolute Gasteiger partial charge is 0.0541 e. The van der Waals surface area contributed by atoms with Gasteiger partial charge in [0.05, 0.1) is 22.1 Å². The summed E-state index contributed by atoms with van der Waals surface area (Å²) in [7, 11) is 0. The summed E-state index contributed by atoms with van der Waals surface area (Å²) in [5.41, 5.74) is 18.0. The van der Waals surface area contributed by atoms with Gasteiger partial charge in [0.15, 0.2) is 0 Å². The molecule has 10 aromatic rings. The van der Waals surface area contributed by atoms with Gasteiger partial charge in [0.2, 0.25) is 0 Å². The molecule has 2 heteroatoms. The Labute approximate surface area is 340 Å². The molecule has 2 aromatic heterocycles. The lowest BCUT2D eigenvalue weighted by molar-refractivity contribution is 0.333. The van der Waals surface area contributed by atoms with Crippen molar-refractivity contribution in [3.63, 3.8) is 0 Å². The lowest BCUT2D eigenvalue weighted by atomic mass is 9.61. The Kier molecular flexibility index (Phi) is 7.72. The van der Waals surface area contributed by atoms with Crippen LogP contribution in [0, 0.1) is 0 Å². The highest BCUT2D eigenvalue weighted by Gasteiger charge is 2.38. The van der Waals surface area contributed by atoms with Crippen LogP contribution in [0.5, 0.6) is 0 Å². The van der Waals surface area contributed by atoms with Crippen LogP contribution in [0.1, 0.15) is 51.7 Å². The maximum atomic E-state index is 2.46. The van der Waals surface area contributed by atoms with Crippen LogP contribution in [0.3, 0.4) is 0 Å². The second kappa shape index (κ2) is 12.9. The van der Waals surface area contributed by atoms with E-state index in [4.69, 9.17) is 0 Å². The molecule has 0 N–H and O–H groups in total. The summed E-state index contributed by atoms with van der Waals surface area (Å²) >= 11 is 0. The molecule has 11 rings (SSSR count). The second-order valence-corrected chi connectivity index (χ2v) is 17.6. The Morgan fingerprint density at radius 3 is 1.50 bits per heavy atom. The van der Waals surface area contributed by atoms with Gasteiger partial charge in [-0.05, 0) is 135 Å². The summed E-state index contributed by atoms with van der Waals surface area (Å²) in [5.74, 6) is 0. The van der Waals surface area contributed by atoms with Crippen LogP contribution >= 0.6 is 0 Å². The van der Waals surface area contributed by atoms with Gasteiger partial charge in [-0.1, -0.05) is 143 Å². The highest BCUT2D eigenvalue weighted by molar-refractivity contribution is 6.13. The van der Waals surface area contributed by atoms with Crippen molar-refractivity contribution >= 4 is 43.6 Å². The fraction of sp³-hybridized carbons (Fsp3) is 0.143. The molecule has 2 nitrogen and oxygen atoms in total. The number of aromatic nitrogens is 2. The highest BCUT2D eigenvalue weighted by atomic mass is 15.0. The number of rotatable bonds is 5. The van der Waals surface area contributed by atoms with Crippen LogP contribution in [0.2, 0.25) is 0 Å². The summed E-state index contributed by atoms with van der Waals surface area (Å²) < 4.78 is 4.87. The molecule has 0 spiro atoms. The molecule has 1 aliphatic carbocycles. The lowest BCUT2D eigenvalue weighted by Crippen LogP contribution is -2.34. The Hall–Kier alpha value is -6.64. The van der Waals surface area contributed by atoms with Crippen LogP contribution in [-0.4, -0.2) is 9.13 Å². The molecule has 0 unspecified atom stereocenters. The molecular formula is C56H46N2. The van der Waals surface area contributed by atoms with Gasteiger partial charge >= 0.3 is 0 Å². The molecule has 58 heavy (non-hydrogen) atoms. The number of para-hydroxylation sites is 2. The molecule has 0 aliphatic heterocycles. The molecule has 8 aromatic carbocycles. The molecule has 0 bridgehead atoms. The van der Waals surface area contributed by atoms with E-state index in [2.05, 4.69) is 219 Å². The van der Waals surface area contributed by atoms with E-state index < -0.39 is 0 Å². The number of fused-ring (bicyclic) bond motifs is 7. The second-order valence-electron chi connectivity index (χ2n) is 17.6. The normalized spacial score (nSPS) is 14.7. The van der Waals surface area contributed by atoms with E-state index in [-0.39, 0.29) is 10.8 Å². The van der Waals surface area contributed by atoms with Crippen LogP contribution < -0.4 is 0 Å². The Bertz CT molecular complexity index is 3210. The molecule has 0 saturated carbocycles. The highest BCUT2D eigenvalue weighted by Crippen LogP contribution is 2.49. The predicted octanol–water partition coefficient (Wildman–Crippen LogP) is 15.2. The van der Waals surface area contributed by atoms with Crippen molar-refractivity contribution in [3.8, 4) is 44.8 Å². The number of hydrogen-bond donors (Lipinski definition) is 0. The zero-order valence-corrected chi connectivity index (χ0v) is 33.6. The lowest BCUT2D eigenvalue weighted by Gasteiger charge is -2.43.